The number of pyridine rings is 1. The number of aromatic nitrogens is 4. The van der Waals surface area contributed by atoms with E-state index >= 15 is 0 Å². The third-order valence-corrected chi connectivity index (χ3v) is 3.91. The van der Waals surface area contributed by atoms with Crippen molar-refractivity contribution in [1.82, 2.24) is 24.9 Å². The van der Waals surface area contributed by atoms with Gasteiger partial charge in [-0.2, -0.15) is 0 Å². The third-order valence-electron chi connectivity index (χ3n) is 3.91. The highest BCUT2D eigenvalue weighted by Gasteiger charge is 2.36. The molecule has 0 aliphatic carbocycles. The van der Waals surface area contributed by atoms with Crippen molar-refractivity contribution in [3.05, 3.63) is 42.0 Å². The number of aliphatic hydroxyl groups is 1. The van der Waals surface area contributed by atoms with Crippen LogP contribution in [0.4, 0.5) is 0 Å². The van der Waals surface area contributed by atoms with E-state index in [9.17, 15) is 9.90 Å². The SMILES string of the molecule is CC(C)c1cccc(C(=O)N2C[C@@H](O)[C@H](n3ccnn3)C2)n1. The molecule has 2 aromatic rings. The van der Waals surface area contributed by atoms with E-state index in [0.29, 0.717) is 12.2 Å². The van der Waals surface area contributed by atoms with Crippen LogP contribution in [0.15, 0.2) is 30.6 Å². The highest BCUT2D eigenvalue weighted by atomic mass is 16.3. The summed E-state index contributed by atoms with van der Waals surface area (Å²) in [6.07, 6.45) is 2.60. The van der Waals surface area contributed by atoms with Crippen molar-refractivity contribution in [3.63, 3.8) is 0 Å². The Bertz CT molecular complexity index is 656. The molecule has 0 unspecified atom stereocenters. The smallest absolute Gasteiger partial charge is 0.272 e. The fourth-order valence-corrected chi connectivity index (χ4v) is 2.64. The lowest BCUT2D eigenvalue weighted by atomic mass is 10.1. The van der Waals surface area contributed by atoms with Crippen molar-refractivity contribution in [3.8, 4) is 0 Å². The summed E-state index contributed by atoms with van der Waals surface area (Å²) in [6.45, 7) is 4.75. The number of hydrogen-bond acceptors (Lipinski definition) is 5. The summed E-state index contributed by atoms with van der Waals surface area (Å²) in [6, 6.07) is 5.21. The van der Waals surface area contributed by atoms with Crippen LogP contribution in [0, 0.1) is 0 Å². The molecule has 1 aliphatic heterocycles. The first-order valence-corrected chi connectivity index (χ1v) is 7.36. The molecule has 116 valence electrons. The average molecular weight is 301 g/mol. The second kappa shape index (κ2) is 5.84. The number of carbonyl (C=O) groups is 1. The van der Waals surface area contributed by atoms with E-state index in [1.165, 1.54) is 0 Å². The molecule has 2 aromatic heterocycles. The van der Waals surface area contributed by atoms with E-state index in [1.54, 1.807) is 28.0 Å². The van der Waals surface area contributed by atoms with Crippen molar-refractivity contribution >= 4 is 5.91 Å². The summed E-state index contributed by atoms with van der Waals surface area (Å²) in [5.41, 5.74) is 1.30. The molecule has 1 amide bonds. The summed E-state index contributed by atoms with van der Waals surface area (Å²) in [4.78, 5) is 18.6. The lowest BCUT2D eigenvalue weighted by Gasteiger charge is -2.16. The average Bonchev–Trinajstić information content (AvgIpc) is 3.15. The lowest BCUT2D eigenvalue weighted by Crippen LogP contribution is -2.30. The maximum Gasteiger partial charge on any atom is 0.272 e. The van der Waals surface area contributed by atoms with Crippen LogP contribution >= 0.6 is 0 Å². The summed E-state index contributed by atoms with van der Waals surface area (Å²) in [7, 11) is 0. The highest BCUT2D eigenvalue weighted by molar-refractivity contribution is 5.92. The zero-order chi connectivity index (χ0) is 15.7. The Balaban J connectivity index is 1.77. The number of amides is 1. The van der Waals surface area contributed by atoms with E-state index < -0.39 is 6.10 Å². The minimum Gasteiger partial charge on any atom is -0.389 e. The van der Waals surface area contributed by atoms with Gasteiger partial charge in [-0.05, 0) is 18.1 Å². The molecule has 1 aliphatic rings. The molecule has 0 aromatic carbocycles. The molecule has 7 heteroatoms. The molecule has 1 saturated heterocycles. The first kappa shape index (κ1) is 14.6. The van der Waals surface area contributed by atoms with Crippen LogP contribution in [0.5, 0.6) is 0 Å². The number of carbonyl (C=O) groups excluding carboxylic acids is 1. The number of nitrogens with zero attached hydrogens (tertiary/aromatic N) is 5. The second-order valence-electron chi connectivity index (χ2n) is 5.83. The molecule has 0 saturated carbocycles. The standard InChI is InChI=1S/C15H19N5O2/c1-10(2)11-4-3-5-12(17-11)15(22)19-8-13(14(21)9-19)20-7-6-16-18-20/h3-7,10,13-14,21H,8-9H2,1-2H3/t13-,14-/m1/s1. The molecule has 0 bridgehead atoms. The van der Waals surface area contributed by atoms with Gasteiger partial charge in [0.1, 0.15) is 5.69 Å². The van der Waals surface area contributed by atoms with Crippen LogP contribution in [-0.4, -0.2) is 55.1 Å². The monoisotopic (exact) mass is 301 g/mol. The van der Waals surface area contributed by atoms with Crippen molar-refractivity contribution in [2.24, 2.45) is 0 Å². The van der Waals surface area contributed by atoms with Crippen molar-refractivity contribution in [2.45, 2.75) is 31.9 Å². The van der Waals surface area contributed by atoms with Crippen LogP contribution in [0.3, 0.4) is 0 Å². The largest absolute Gasteiger partial charge is 0.389 e. The number of hydrogen-bond donors (Lipinski definition) is 1. The summed E-state index contributed by atoms with van der Waals surface area (Å²) in [5.74, 6) is 0.101. The molecule has 0 radical (unpaired) electrons. The molecule has 1 fully saturated rings. The highest BCUT2D eigenvalue weighted by Crippen LogP contribution is 2.23. The van der Waals surface area contributed by atoms with E-state index in [4.69, 9.17) is 0 Å². The van der Waals surface area contributed by atoms with Crippen molar-refractivity contribution in [2.75, 3.05) is 13.1 Å². The number of likely N-dealkylation sites (tertiary alicyclic amines) is 1. The molecule has 3 heterocycles. The Labute approximate surface area is 128 Å². The first-order valence-electron chi connectivity index (χ1n) is 7.36. The van der Waals surface area contributed by atoms with Gasteiger partial charge in [-0.25, -0.2) is 9.67 Å². The van der Waals surface area contributed by atoms with Gasteiger partial charge in [0.15, 0.2) is 0 Å². The molecule has 0 spiro atoms. The predicted octanol–water partition coefficient (Wildman–Crippen LogP) is 0.854. The zero-order valence-electron chi connectivity index (χ0n) is 12.6. The molecular formula is C15H19N5O2. The van der Waals surface area contributed by atoms with Gasteiger partial charge >= 0.3 is 0 Å². The summed E-state index contributed by atoms with van der Waals surface area (Å²) >= 11 is 0. The topological polar surface area (TPSA) is 84.1 Å². The Hall–Kier alpha value is -2.28. The van der Waals surface area contributed by atoms with Gasteiger partial charge in [-0.15, -0.1) is 5.10 Å². The van der Waals surface area contributed by atoms with E-state index in [-0.39, 0.29) is 24.4 Å². The number of β-amino-alcohol motifs (C(OH)–C–C–N with tert-alkyl or cyclic N) is 1. The van der Waals surface area contributed by atoms with E-state index in [2.05, 4.69) is 15.3 Å². The predicted molar refractivity (Wildman–Crippen MR) is 79.3 cm³/mol. The van der Waals surface area contributed by atoms with Crippen LogP contribution in [-0.2, 0) is 0 Å². The molecule has 22 heavy (non-hydrogen) atoms. The fourth-order valence-electron chi connectivity index (χ4n) is 2.64. The Morgan fingerprint density at radius 2 is 2.18 bits per heavy atom. The zero-order valence-corrected chi connectivity index (χ0v) is 12.6. The van der Waals surface area contributed by atoms with E-state index in [1.807, 2.05) is 26.0 Å². The van der Waals surface area contributed by atoms with Gasteiger partial charge in [0.25, 0.3) is 5.91 Å². The van der Waals surface area contributed by atoms with Gasteiger partial charge in [0.2, 0.25) is 0 Å². The maximum absolute atomic E-state index is 12.6. The molecule has 1 N–H and O–H groups in total. The Morgan fingerprint density at radius 3 is 2.86 bits per heavy atom. The van der Waals surface area contributed by atoms with E-state index in [0.717, 1.165) is 5.69 Å². The quantitative estimate of drug-likeness (QED) is 0.908. The molecular weight excluding hydrogens is 282 g/mol. The maximum atomic E-state index is 12.6. The third kappa shape index (κ3) is 2.71. The summed E-state index contributed by atoms with van der Waals surface area (Å²) < 4.78 is 1.59. The van der Waals surface area contributed by atoms with Crippen molar-refractivity contribution in [1.29, 1.82) is 0 Å². The van der Waals surface area contributed by atoms with Gasteiger partial charge in [0.05, 0.1) is 18.3 Å². The van der Waals surface area contributed by atoms with Crippen LogP contribution in [0.25, 0.3) is 0 Å². The minimum absolute atomic E-state index is 0.163. The molecule has 7 nitrogen and oxygen atoms in total. The number of rotatable bonds is 3. The number of aliphatic hydroxyl groups excluding tert-OH is 1. The van der Waals surface area contributed by atoms with Crippen molar-refractivity contribution < 1.29 is 9.90 Å². The normalized spacial score (nSPS) is 21.5. The van der Waals surface area contributed by atoms with Crippen LogP contribution < -0.4 is 0 Å². The second-order valence-corrected chi connectivity index (χ2v) is 5.83. The van der Waals surface area contributed by atoms with Gasteiger partial charge in [-0.3, -0.25) is 4.79 Å². The minimum atomic E-state index is -0.654. The Kier molecular flexibility index (Phi) is 3.89. The first-order chi connectivity index (χ1) is 10.6. The molecule has 2 atom stereocenters. The van der Waals surface area contributed by atoms with Gasteiger partial charge in [-0.1, -0.05) is 25.1 Å². The van der Waals surface area contributed by atoms with Crippen LogP contribution in [0.1, 0.15) is 42.0 Å². The lowest BCUT2D eigenvalue weighted by molar-refractivity contribution is 0.0758. The summed E-state index contributed by atoms with van der Waals surface area (Å²) in [5, 5.41) is 17.8. The van der Waals surface area contributed by atoms with Crippen LogP contribution in [0.2, 0.25) is 0 Å². The molecule has 3 rings (SSSR count). The van der Waals surface area contributed by atoms with Gasteiger partial charge in [0, 0.05) is 25.0 Å². The Morgan fingerprint density at radius 1 is 1.36 bits per heavy atom. The fraction of sp³-hybridized carbons (Fsp3) is 0.467. The van der Waals surface area contributed by atoms with Gasteiger partial charge < -0.3 is 10.0 Å².